The topological polar surface area (TPSA) is 128 Å². The number of hydrogen-bond acceptors (Lipinski definition) is 7. The van der Waals surface area contributed by atoms with Crippen molar-refractivity contribution >= 4 is 27.3 Å². The Bertz CT molecular complexity index is 1100. The number of hydrogen-bond donors (Lipinski definition) is 1. The molecule has 0 saturated carbocycles. The Balaban J connectivity index is 1.82. The molecule has 1 amide bonds. The van der Waals surface area contributed by atoms with Gasteiger partial charge in [0, 0.05) is 18.7 Å². The number of rotatable bonds is 7. The van der Waals surface area contributed by atoms with E-state index in [4.69, 9.17) is 9.47 Å². The summed E-state index contributed by atoms with van der Waals surface area (Å²) in [5.41, 5.74) is 1.05. The summed E-state index contributed by atoms with van der Waals surface area (Å²) in [6, 6.07) is 7.96. The molecule has 0 saturated heterocycles. The molecule has 1 aliphatic heterocycles. The minimum Gasteiger partial charge on any atom is -0.454 e. The van der Waals surface area contributed by atoms with Crippen LogP contribution in [0, 0.1) is 17.0 Å². The average Bonchev–Trinajstić information content (AvgIpc) is 3.14. The molecule has 0 bridgehead atoms. The van der Waals surface area contributed by atoms with Crippen LogP contribution in [0.2, 0.25) is 0 Å². The van der Waals surface area contributed by atoms with Crippen molar-refractivity contribution < 1.29 is 27.6 Å². The molecule has 2 aromatic rings. The second kappa shape index (κ2) is 8.19. The van der Waals surface area contributed by atoms with Crippen LogP contribution >= 0.6 is 0 Å². The molecule has 0 unspecified atom stereocenters. The highest BCUT2D eigenvalue weighted by molar-refractivity contribution is 7.92. The van der Waals surface area contributed by atoms with Gasteiger partial charge < -0.3 is 14.8 Å². The van der Waals surface area contributed by atoms with Crippen molar-refractivity contribution in [1.29, 1.82) is 0 Å². The molecule has 1 N–H and O–H groups in total. The lowest BCUT2D eigenvalue weighted by atomic mass is 10.1. The standard InChI is InChI=1S/C19H21N3O7S/c1-12-4-6-15(22(24)25)9-16(12)21(30(3,26)27)13(2)19(23)20-10-14-5-7-17-18(8-14)29-11-28-17/h4-9,13H,10-11H2,1-3H3,(H,20,23)/t13-/m1/s1. The summed E-state index contributed by atoms with van der Waals surface area (Å²) < 4.78 is 36.4. The van der Waals surface area contributed by atoms with Crippen LogP contribution in [-0.4, -0.2) is 38.3 Å². The van der Waals surface area contributed by atoms with Crippen LogP contribution in [0.25, 0.3) is 0 Å². The number of nitrogens with one attached hydrogen (secondary N) is 1. The van der Waals surface area contributed by atoms with Crippen molar-refractivity contribution in [1.82, 2.24) is 5.32 Å². The molecule has 0 fully saturated rings. The number of fused-ring (bicyclic) bond motifs is 1. The molecule has 11 heteroatoms. The third-order valence-electron chi connectivity index (χ3n) is 4.63. The van der Waals surface area contributed by atoms with Gasteiger partial charge in [0.25, 0.3) is 5.69 Å². The van der Waals surface area contributed by atoms with Gasteiger partial charge in [-0.15, -0.1) is 0 Å². The van der Waals surface area contributed by atoms with Crippen molar-refractivity contribution in [3.05, 3.63) is 57.6 Å². The summed E-state index contributed by atoms with van der Waals surface area (Å²) in [5.74, 6) is 0.631. The van der Waals surface area contributed by atoms with E-state index in [1.165, 1.54) is 19.1 Å². The molecule has 160 valence electrons. The monoisotopic (exact) mass is 435 g/mol. The Labute approximate surface area is 173 Å². The number of aryl methyl sites for hydroxylation is 1. The van der Waals surface area contributed by atoms with E-state index in [1.54, 1.807) is 25.1 Å². The van der Waals surface area contributed by atoms with Crippen LogP contribution < -0.4 is 19.1 Å². The predicted molar refractivity (Wildman–Crippen MR) is 109 cm³/mol. The fourth-order valence-electron chi connectivity index (χ4n) is 3.12. The fourth-order valence-corrected chi connectivity index (χ4v) is 4.34. The van der Waals surface area contributed by atoms with Crippen LogP contribution in [-0.2, 0) is 21.4 Å². The Morgan fingerprint density at radius 2 is 1.93 bits per heavy atom. The van der Waals surface area contributed by atoms with Gasteiger partial charge in [0.1, 0.15) is 6.04 Å². The lowest BCUT2D eigenvalue weighted by Crippen LogP contribution is -2.48. The van der Waals surface area contributed by atoms with Crippen molar-refractivity contribution in [2.75, 3.05) is 17.4 Å². The van der Waals surface area contributed by atoms with Gasteiger partial charge in [-0.1, -0.05) is 12.1 Å². The molecule has 0 radical (unpaired) electrons. The van der Waals surface area contributed by atoms with Gasteiger partial charge in [-0.3, -0.25) is 19.2 Å². The Morgan fingerprint density at radius 3 is 2.60 bits per heavy atom. The molecular weight excluding hydrogens is 414 g/mol. The molecule has 30 heavy (non-hydrogen) atoms. The van der Waals surface area contributed by atoms with Crippen LogP contribution in [0.15, 0.2) is 36.4 Å². The summed E-state index contributed by atoms with van der Waals surface area (Å²) in [4.78, 5) is 23.2. The largest absolute Gasteiger partial charge is 0.454 e. The number of ether oxygens (including phenoxy) is 2. The quantitative estimate of drug-likeness (QED) is 0.521. The van der Waals surface area contributed by atoms with Gasteiger partial charge in [-0.25, -0.2) is 8.42 Å². The fraction of sp³-hybridized carbons (Fsp3) is 0.316. The molecule has 0 spiro atoms. The smallest absolute Gasteiger partial charge is 0.271 e. The highest BCUT2D eigenvalue weighted by atomic mass is 32.2. The lowest BCUT2D eigenvalue weighted by Gasteiger charge is -2.29. The first kappa shape index (κ1) is 21.4. The van der Waals surface area contributed by atoms with Gasteiger partial charge >= 0.3 is 0 Å². The number of benzene rings is 2. The van der Waals surface area contributed by atoms with E-state index in [-0.39, 0.29) is 24.7 Å². The SMILES string of the molecule is Cc1ccc([N+](=O)[O-])cc1N([C@H](C)C(=O)NCc1ccc2c(c1)OCO2)S(C)(=O)=O. The van der Waals surface area contributed by atoms with E-state index in [2.05, 4.69) is 5.32 Å². The first-order valence-corrected chi connectivity index (χ1v) is 10.8. The molecular formula is C19H21N3O7S. The molecule has 0 aromatic heterocycles. The maximum absolute atomic E-state index is 12.7. The average molecular weight is 435 g/mol. The number of nitro benzene ring substituents is 1. The third kappa shape index (κ3) is 4.46. The Morgan fingerprint density at radius 1 is 1.23 bits per heavy atom. The number of amides is 1. The normalized spacial score (nSPS) is 13.6. The molecule has 1 aliphatic rings. The zero-order valence-electron chi connectivity index (χ0n) is 16.6. The second-order valence-corrected chi connectivity index (χ2v) is 8.73. The number of nitro groups is 1. The molecule has 0 aliphatic carbocycles. The summed E-state index contributed by atoms with van der Waals surface area (Å²) in [5, 5.41) is 13.8. The van der Waals surface area contributed by atoms with Crippen LogP contribution in [0.1, 0.15) is 18.1 Å². The number of carbonyl (C=O) groups excluding carboxylic acids is 1. The minimum absolute atomic E-state index is 0.0810. The van der Waals surface area contributed by atoms with Gasteiger partial charge in [0.05, 0.1) is 16.9 Å². The van der Waals surface area contributed by atoms with Crippen molar-refractivity contribution in [2.24, 2.45) is 0 Å². The Hall–Kier alpha value is -3.34. The molecule has 1 heterocycles. The minimum atomic E-state index is -3.90. The third-order valence-corrected chi connectivity index (χ3v) is 5.86. The van der Waals surface area contributed by atoms with E-state index >= 15 is 0 Å². The van der Waals surface area contributed by atoms with Gasteiger partial charge in [0.15, 0.2) is 11.5 Å². The van der Waals surface area contributed by atoms with Gasteiger partial charge in [0.2, 0.25) is 22.7 Å². The zero-order valence-corrected chi connectivity index (χ0v) is 17.4. The molecule has 3 rings (SSSR count). The van der Waals surface area contributed by atoms with E-state index < -0.39 is 26.9 Å². The van der Waals surface area contributed by atoms with Crippen LogP contribution in [0.3, 0.4) is 0 Å². The molecule has 1 atom stereocenters. The number of carbonyl (C=O) groups is 1. The number of non-ortho nitro benzene ring substituents is 1. The van der Waals surface area contributed by atoms with Crippen molar-refractivity contribution in [3.63, 3.8) is 0 Å². The highest BCUT2D eigenvalue weighted by Crippen LogP contribution is 2.32. The predicted octanol–water partition coefficient (Wildman–Crippen LogP) is 2.10. The van der Waals surface area contributed by atoms with E-state index in [0.29, 0.717) is 17.1 Å². The lowest BCUT2D eigenvalue weighted by molar-refractivity contribution is -0.384. The van der Waals surface area contributed by atoms with Gasteiger partial charge in [-0.2, -0.15) is 0 Å². The first-order chi connectivity index (χ1) is 14.1. The number of anilines is 1. The highest BCUT2D eigenvalue weighted by Gasteiger charge is 2.31. The van der Waals surface area contributed by atoms with Crippen molar-refractivity contribution in [3.8, 4) is 11.5 Å². The number of nitrogens with zero attached hydrogens (tertiary/aromatic N) is 2. The molecule has 10 nitrogen and oxygen atoms in total. The summed E-state index contributed by atoms with van der Waals surface area (Å²) in [7, 11) is -3.90. The maximum atomic E-state index is 12.7. The number of sulfonamides is 1. The first-order valence-electron chi connectivity index (χ1n) is 8.98. The van der Waals surface area contributed by atoms with Gasteiger partial charge in [-0.05, 0) is 37.1 Å². The maximum Gasteiger partial charge on any atom is 0.271 e. The molecule has 2 aromatic carbocycles. The van der Waals surface area contributed by atoms with Crippen molar-refractivity contribution in [2.45, 2.75) is 26.4 Å². The second-order valence-electron chi connectivity index (χ2n) is 6.87. The van der Waals surface area contributed by atoms with Crippen LogP contribution in [0.4, 0.5) is 11.4 Å². The Kier molecular flexibility index (Phi) is 5.83. The van der Waals surface area contributed by atoms with E-state index in [9.17, 15) is 23.3 Å². The van der Waals surface area contributed by atoms with E-state index in [1.807, 2.05) is 0 Å². The van der Waals surface area contributed by atoms with Crippen LogP contribution in [0.5, 0.6) is 11.5 Å². The zero-order chi connectivity index (χ0) is 22.1. The van der Waals surface area contributed by atoms with E-state index in [0.717, 1.165) is 22.2 Å². The summed E-state index contributed by atoms with van der Waals surface area (Å²) >= 11 is 0. The summed E-state index contributed by atoms with van der Waals surface area (Å²) in [6.07, 6.45) is 0.951. The summed E-state index contributed by atoms with van der Waals surface area (Å²) in [6.45, 7) is 3.32.